The van der Waals surface area contributed by atoms with E-state index < -0.39 is 6.10 Å². The number of hydrogen-bond acceptors (Lipinski definition) is 8. The lowest BCUT2D eigenvalue weighted by Crippen LogP contribution is -2.20. The summed E-state index contributed by atoms with van der Waals surface area (Å²) in [5.74, 6) is 1.75. The molecular formula is C17H23N3O3S2. The molecule has 6 nitrogen and oxygen atoms in total. The van der Waals surface area contributed by atoms with Crippen molar-refractivity contribution in [3.63, 3.8) is 0 Å². The minimum atomic E-state index is -0.617. The number of hydrogen-bond donors (Lipinski definition) is 2. The van der Waals surface area contributed by atoms with Gasteiger partial charge >= 0.3 is 0 Å². The molecule has 1 unspecified atom stereocenters. The van der Waals surface area contributed by atoms with Gasteiger partial charge in [0.25, 0.3) is 0 Å². The predicted octanol–water partition coefficient (Wildman–Crippen LogP) is 3.24. The molecular weight excluding hydrogens is 358 g/mol. The molecule has 0 aliphatic heterocycles. The number of benzene rings is 1. The molecule has 0 aliphatic rings. The molecule has 1 aromatic heterocycles. The van der Waals surface area contributed by atoms with E-state index in [2.05, 4.69) is 22.1 Å². The normalized spacial score (nSPS) is 11.8. The second kappa shape index (κ2) is 10.3. The van der Waals surface area contributed by atoms with Gasteiger partial charge in [0.1, 0.15) is 6.61 Å². The third-order valence-electron chi connectivity index (χ3n) is 3.17. The first-order valence-electron chi connectivity index (χ1n) is 7.95. The quantitative estimate of drug-likeness (QED) is 0.457. The molecule has 0 amide bonds. The summed E-state index contributed by atoms with van der Waals surface area (Å²) in [5, 5.41) is 22.1. The van der Waals surface area contributed by atoms with E-state index in [4.69, 9.17) is 9.47 Å². The highest BCUT2D eigenvalue weighted by Crippen LogP contribution is 2.29. The van der Waals surface area contributed by atoms with Crippen LogP contribution in [0.4, 0.5) is 5.13 Å². The van der Waals surface area contributed by atoms with Crippen LogP contribution in [0.2, 0.25) is 0 Å². The Hall–Kier alpha value is -1.77. The van der Waals surface area contributed by atoms with Crippen LogP contribution in [0.15, 0.2) is 35.2 Å². The fourth-order valence-electron chi connectivity index (χ4n) is 2.02. The highest BCUT2D eigenvalue weighted by Gasteiger charge is 2.12. The molecule has 1 heterocycles. The summed E-state index contributed by atoms with van der Waals surface area (Å²) in [7, 11) is 1.60. The lowest BCUT2D eigenvalue weighted by Gasteiger charge is -2.14. The van der Waals surface area contributed by atoms with Crippen molar-refractivity contribution in [1.82, 2.24) is 10.2 Å². The van der Waals surface area contributed by atoms with Crippen molar-refractivity contribution in [2.24, 2.45) is 0 Å². The maximum absolute atomic E-state index is 10.1. The van der Waals surface area contributed by atoms with E-state index in [1.165, 1.54) is 23.1 Å². The van der Waals surface area contributed by atoms with Crippen LogP contribution in [0.5, 0.6) is 11.5 Å². The Morgan fingerprint density at radius 3 is 2.96 bits per heavy atom. The first-order chi connectivity index (χ1) is 12.2. The Bertz CT molecular complexity index is 679. The van der Waals surface area contributed by atoms with Gasteiger partial charge in [-0.25, -0.2) is 0 Å². The molecule has 0 radical (unpaired) electrons. The number of aliphatic hydroxyl groups excluding tert-OH is 1. The van der Waals surface area contributed by atoms with E-state index in [1.807, 2.05) is 31.2 Å². The topological polar surface area (TPSA) is 76.5 Å². The van der Waals surface area contributed by atoms with Crippen LogP contribution >= 0.6 is 23.1 Å². The molecule has 2 aromatic rings. The van der Waals surface area contributed by atoms with E-state index in [0.29, 0.717) is 17.3 Å². The fourth-order valence-corrected chi connectivity index (χ4v) is 3.77. The van der Waals surface area contributed by atoms with E-state index in [-0.39, 0.29) is 6.61 Å². The number of thioether (sulfide) groups is 1. The van der Waals surface area contributed by atoms with Crippen molar-refractivity contribution in [3.05, 3.63) is 36.4 Å². The van der Waals surface area contributed by atoms with Crippen molar-refractivity contribution in [2.45, 2.75) is 23.8 Å². The molecule has 1 aromatic carbocycles. The zero-order valence-electron chi connectivity index (χ0n) is 14.4. The number of methoxy groups -OCH3 is 1. The second-order valence-corrected chi connectivity index (χ2v) is 7.40. The molecule has 25 heavy (non-hydrogen) atoms. The van der Waals surface area contributed by atoms with Gasteiger partial charge in [0.05, 0.1) is 13.2 Å². The summed E-state index contributed by atoms with van der Waals surface area (Å²) in [5.41, 5.74) is 1.10. The molecule has 0 spiro atoms. The second-order valence-electron chi connectivity index (χ2n) is 5.16. The van der Waals surface area contributed by atoms with E-state index in [0.717, 1.165) is 28.0 Å². The average Bonchev–Trinajstić information content (AvgIpc) is 3.07. The molecule has 1 atom stereocenters. The van der Waals surface area contributed by atoms with Gasteiger partial charge in [-0.05, 0) is 31.0 Å². The van der Waals surface area contributed by atoms with Gasteiger partial charge in [0.15, 0.2) is 15.8 Å². The monoisotopic (exact) mass is 381 g/mol. The van der Waals surface area contributed by atoms with Crippen LogP contribution in [0.3, 0.4) is 0 Å². The summed E-state index contributed by atoms with van der Waals surface area (Å²) < 4.78 is 11.9. The Kier molecular flexibility index (Phi) is 8.03. The molecule has 0 bridgehead atoms. The number of ether oxygens (including phenoxy) is 2. The first kappa shape index (κ1) is 19.6. The van der Waals surface area contributed by atoms with Crippen molar-refractivity contribution in [2.75, 3.05) is 31.3 Å². The van der Waals surface area contributed by atoms with Crippen LogP contribution in [0, 0.1) is 0 Å². The lowest BCUT2D eigenvalue weighted by atomic mass is 10.1. The van der Waals surface area contributed by atoms with Gasteiger partial charge in [-0.2, -0.15) is 0 Å². The largest absolute Gasteiger partial charge is 0.493 e. The Balaban J connectivity index is 1.82. The van der Waals surface area contributed by atoms with E-state index in [1.54, 1.807) is 7.11 Å². The molecule has 2 N–H and O–H groups in total. The molecule has 0 saturated heterocycles. The molecule has 8 heteroatoms. The molecule has 0 aliphatic carbocycles. The standard InChI is InChI=1S/C17H23N3O3S2/c1-4-6-12-7-8-14(15(9-12)22-3)23-10-13(21)11-24-17-20-19-16(25-17)18-5-2/h4,7-9,13,21H,1,5-6,10-11H2,2-3H3,(H,18,19). The third kappa shape index (κ3) is 6.22. The minimum Gasteiger partial charge on any atom is -0.493 e. The number of aliphatic hydroxyl groups is 1. The van der Waals surface area contributed by atoms with Crippen molar-refractivity contribution >= 4 is 28.2 Å². The Morgan fingerprint density at radius 2 is 2.24 bits per heavy atom. The number of nitrogens with one attached hydrogen (secondary N) is 1. The van der Waals surface area contributed by atoms with E-state index >= 15 is 0 Å². The summed E-state index contributed by atoms with van der Waals surface area (Å²) in [6.45, 7) is 6.73. The van der Waals surface area contributed by atoms with Gasteiger partial charge in [-0.1, -0.05) is 35.2 Å². The van der Waals surface area contributed by atoms with Crippen LogP contribution in [0.25, 0.3) is 0 Å². The molecule has 0 saturated carbocycles. The number of rotatable bonds is 11. The van der Waals surface area contributed by atoms with Gasteiger partial charge in [0.2, 0.25) is 5.13 Å². The summed E-state index contributed by atoms with van der Waals surface area (Å²) >= 11 is 2.94. The number of aromatic nitrogens is 2. The van der Waals surface area contributed by atoms with Gasteiger partial charge < -0.3 is 19.9 Å². The number of nitrogens with zero attached hydrogens (tertiary/aromatic N) is 2. The molecule has 136 valence electrons. The summed E-state index contributed by atoms with van der Waals surface area (Å²) in [6.07, 6.45) is 1.99. The minimum absolute atomic E-state index is 0.184. The van der Waals surface area contributed by atoms with Crippen molar-refractivity contribution in [1.29, 1.82) is 0 Å². The zero-order chi connectivity index (χ0) is 18.1. The zero-order valence-corrected chi connectivity index (χ0v) is 16.0. The van der Waals surface area contributed by atoms with Crippen LogP contribution in [-0.4, -0.2) is 47.4 Å². The van der Waals surface area contributed by atoms with Crippen molar-refractivity contribution in [3.8, 4) is 11.5 Å². The van der Waals surface area contributed by atoms with Crippen LogP contribution < -0.4 is 14.8 Å². The van der Waals surface area contributed by atoms with Crippen LogP contribution in [-0.2, 0) is 6.42 Å². The third-order valence-corrected chi connectivity index (χ3v) is 5.33. The average molecular weight is 382 g/mol. The summed E-state index contributed by atoms with van der Waals surface area (Å²) in [6, 6.07) is 5.73. The fraction of sp³-hybridized carbons (Fsp3) is 0.412. The highest BCUT2D eigenvalue weighted by atomic mass is 32.2. The van der Waals surface area contributed by atoms with Crippen LogP contribution in [0.1, 0.15) is 12.5 Å². The van der Waals surface area contributed by atoms with E-state index in [9.17, 15) is 5.11 Å². The Morgan fingerprint density at radius 1 is 1.40 bits per heavy atom. The lowest BCUT2D eigenvalue weighted by molar-refractivity contribution is 0.124. The number of anilines is 1. The maximum Gasteiger partial charge on any atom is 0.206 e. The van der Waals surface area contributed by atoms with Gasteiger partial charge in [0, 0.05) is 12.3 Å². The molecule has 0 fully saturated rings. The molecule has 2 rings (SSSR count). The Labute approximate surface area is 156 Å². The van der Waals surface area contributed by atoms with Gasteiger partial charge in [-0.3, -0.25) is 0 Å². The predicted molar refractivity (Wildman–Crippen MR) is 103 cm³/mol. The SMILES string of the molecule is C=CCc1ccc(OCC(O)CSc2nnc(NCC)s2)c(OC)c1. The smallest absolute Gasteiger partial charge is 0.206 e. The number of allylic oxidation sites excluding steroid dienone is 1. The van der Waals surface area contributed by atoms with Gasteiger partial charge in [-0.15, -0.1) is 16.8 Å². The first-order valence-corrected chi connectivity index (χ1v) is 9.75. The maximum atomic E-state index is 10.1. The summed E-state index contributed by atoms with van der Waals surface area (Å²) in [4.78, 5) is 0. The van der Waals surface area contributed by atoms with Crippen molar-refractivity contribution < 1.29 is 14.6 Å². The highest BCUT2D eigenvalue weighted by molar-refractivity contribution is 8.01.